The number of Topliss-reactive ketones (excluding diaryl/α,β-unsaturated/α-hetero) is 1. The molecule has 2 aromatic rings. The summed E-state index contributed by atoms with van der Waals surface area (Å²) in [5, 5.41) is 2.37. The van der Waals surface area contributed by atoms with Crippen LogP contribution in [0.3, 0.4) is 0 Å². The number of piperidine rings is 1. The number of benzene rings is 2. The maximum absolute atomic E-state index is 12.1. The second-order valence-corrected chi connectivity index (χ2v) is 6.06. The summed E-state index contributed by atoms with van der Waals surface area (Å²) >= 11 is 0. The van der Waals surface area contributed by atoms with E-state index in [1.165, 1.54) is 10.8 Å². The Kier molecular flexibility index (Phi) is 4.23. The van der Waals surface area contributed by atoms with Crippen molar-refractivity contribution in [3.8, 4) is 0 Å². The van der Waals surface area contributed by atoms with Gasteiger partial charge in [0.1, 0.15) is 0 Å². The molecule has 1 unspecified atom stereocenters. The maximum atomic E-state index is 12.1. The lowest BCUT2D eigenvalue weighted by molar-refractivity contribution is -0.140. The van der Waals surface area contributed by atoms with Gasteiger partial charge in [0.2, 0.25) is 5.91 Å². The van der Waals surface area contributed by atoms with E-state index < -0.39 is 0 Å². The topological polar surface area (TPSA) is 37.4 Å². The Hall–Kier alpha value is -2.16. The smallest absolute Gasteiger partial charge is 0.223 e. The van der Waals surface area contributed by atoms with Crippen molar-refractivity contribution in [1.29, 1.82) is 0 Å². The summed E-state index contributed by atoms with van der Waals surface area (Å²) in [7, 11) is 0. The largest absolute Gasteiger partial charge is 0.332 e. The van der Waals surface area contributed by atoms with E-state index in [9.17, 15) is 9.59 Å². The van der Waals surface area contributed by atoms with Crippen LogP contribution in [0.5, 0.6) is 0 Å². The minimum Gasteiger partial charge on any atom is -0.332 e. The van der Waals surface area contributed by atoms with Gasteiger partial charge in [0.25, 0.3) is 0 Å². The molecule has 0 aromatic heterocycles. The Bertz CT molecular complexity index is 707. The molecule has 2 aromatic carbocycles. The van der Waals surface area contributed by atoms with Crippen LogP contribution in [-0.2, 0) is 16.0 Å². The first-order valence-electron chi connectivity index (χ1n) is 7.93. The SMILES string of the molecule is CC(=O)C(Cc1ccc2ccccc2c1)N1CCCCC1=O. The highest BCUT2D eigenvalue weighted by Gasteiger charge is 2.29. The first-order valence-corrected chi connectivity index (χ1v) is 7.93. The lowest BCUT2D eigenvalue weighted by Crippen LogP contribution is -2.47. The number of fused-ring (bicyclic) bond motifs is 1. The molecule has 1 aliphatic rings. The summed E-state index contributed by atoms with van der Waals surface area (Å²) < 4.78 is 0. The molecule has 0 spiro atoms. The van der Waals surface area contributed by atoms with Crippen LogP contribution in [0.25, 0.3) is 10.8 Å². The fourth-order valence-corrected chi connectivity index (χ4v) is 3.22. The number of carbonyl (C=O) groups is 2. The number of nitrogens with zero attached hydrogens (tertiary/aromatic N) is 1. The van der Waals surface area contributed by atoms with Crippen molar-refractivity contribution in [1.82, 2.24) is 4.90 Å². The minimum atomic E-state index is -0.325. The minimum absolute atomic E-state index is 0.0726. The van der Waals surface area contributed by atoms with E-state index in [0.29, 0.717) is 19.4 Å². The van der Waals surface area contributed by atoms with Gasteiger partial charge >= 0.3 is 0 Å². The zero-order valence-electron chi connectivity index (χ0n) is 12.9. The number of hydrogen-bond donors (Lipinski definition) is 0. The molecule has 1 amide bonds. The lowest BCUT2D eigenvalue weighted by atomic mass is 9.97. The fraction of sp³-hybridized carbons (Fsp3) is 0.368. The van der Waals surface area contributed by atoms with Gasteiger partial charge in [-0.25, -0.2) is 0 Å². The van der Waals surface area contributed by atoms with E-state index in [2.05, 4.69) is 30.3 Å². The Morgan fingerprint density at radius 1 is 1.14 bits per heavy atom. The molecular formula is C19H21NO2. The summed E-state index contributed by atoms with van der Waals surface area (Å²) in [4.78, 5) is 26.0. The second kappa shape index (κ2) is 6.30. The number of carbonyl (C=O) groups excluding carboxylic acids is 2. The number of likely N-dealkylation sites (tertiary alicyclic amines) is 1. The number of hydrogen-bond acceptors (Lipinski definition) is 2. The van der Waals surface area contributed by atoms with Crippen molar-refractivity contribution in [2.75, 3.05) is 6.54 Å². The number of ketones is 1. The van der Waals surface area contributed by atoms with Crippen LogP contribution in [0.2, 0.25) is 0 Å². The molecule has 3 nitrogen and oxygen atoms in total. The predicted octanol–water partition coefficient (Wildman–Crippen LogP) is 3.35. The zero-order valence-corrected chi connectivity index (χ0v) is 12.9. The van der Waals surface area contributed by atoms with Crippen LogP contribution in [0.15, 0.2) is 42.5 Å². The third-order valence-electron chi connectivity index (χ3n) is 4.45. The Labute approximate surface area is 130 Å². The average Bonchev–Trinajstić information content (AvgIpc) is 2.53. The normalized spacial score (nSPS) is 16.8. The van der Waals surface area contributed by atoms with Crippen LogP contribution < -0.4 is 0 Å². The van der Waals surface area contributed by atoms with Crippen LogP contribution in [-0.4, -0.2) is 29.2 Å². The van der Waals surface area contributed by atoms with E-state index in [1.807, 2.05) is 12.1 Å². The third kappa shape index (κ3) is 3.03. The molecule has 0 radical (unpaired) electrons. The Balaban J connectivity index is 1.85. The molecule has 0 N–H and O–H groups in total. The van der Waals surface area contributed by atoms with Gasteiger partial charge in [0.05, 0.1) is 6.04 Å². The van der Waals surface area contributed by atoms with Crippen molar-refractivity contribution in [3.05, 3.63) is 48.0 Å². The molecule has 3 rings (SSSR count). The highest BCUT2D eigenvalue weighted by molar-refractivity contribution is 5.88. The van der Waals surface area contributed by atoms with E-state index >= 15 is 0 Å². The van der Waals surface area contributed by atoms with E-state index in [0.717, 1.165) is 18.4 Å². The molecule has 0 aliphatic carbocycles. The fourth-order valence-electron chi connectivity index (χ4n) is 3.22. The van der Waals surface area contributed by atoms with Crippen molar-refractivity contribution < 1.29 is 9.59 Å². The molecule has 1 heterocycles. The van der Waals surface area contributed by atoms with Crippen LogP contribution in [0, 0.1) is 0 Å². The van der Waals surface area contributed by atoms with Crippen molar-refractivity contribution >= 4 is 22.5 Å². The molecule has 1 atom stereocenters. The van der Waals surface area contributed by atoms with Gasteiger partial charge in [-0.05, 0) is 42.5 Å². The van der Waals surface area contributed by atoms with Gasteiger partial charge in [-0.1, -0.05) is 42.5 Å². The highest BCUT2D eigenvalue weighted by atomic mass is 16.2. The quantitative estimate of drug-likeness (QED) is 0.867. The molecule has 22 heavy (non-hydrogen) atoms. The van der Waals surface area contributed by atoms with Gasteiger partial charge in [0, 0.05) is 13.0 Å². The molecule has 1 fully saturated rings. The highest BCUT2D eigenvalue weighted by Crippen LogP contribution is 2.21. The van der Waals surface area contributed by atoms with Gasteiger partial charge in [-0.15, -0.1) is 0 Å². The molecule has 114 valence electrons. The summed E-state index contributed by atoms with van der Waals surface area (Å²) in [5.74, 6) is 0.190. The molecule has 3 heteroatoms. The molecule has 0 bridgehead atoms. The Morgan fingerprint density at radius 3 is 2.64 bits per heavy atom. The van der Waals surface area contributed by atoms with Gasteiger partial charge in [-0.2, -0.15) is 0 Å². The zero-order chi connectivity index (χ0) is 15.5. The number of rotatable bonds is 4. The monoisotopic (exact) mass is 295 g/mol. The molecule has 1 aliphatic heterocycles. The summed E-state index contributed by atoms with van der Waals surface area (Å²) in [6.07, 6.45) is 3.11. The van der Waals surface area contributed by atoms with Crippen LogP contribution >= 0.6 is 0 Å². The second-order valence-electron chi connectivity index (χ2n) is 6.06. The van der Waals surface area contributed by atoms with E-state index in [4.69, 9.17) is 0 Å². The third-order valence-corrected chi connectivity index (χ3v) is 4.45. The van der Waals surface area contributed by atoms with Crippen molar-refractivity contribution in [2.24, 2.45) is 0 Å². The average molecular weight is 295 g/mol. The molecule has 0 saturated carbocycles. The summed E-state index contributed by atoms with van der Waals surface area (Å²) in [5.41, 5.74) is 1.11. The predicted molar refractivity (Wildman–Crippen MR) is 87.7 cm³/mol. The van der Waals surface area contributed by atoms with E-state index in [1.54, 1.807) is 11.8 Å². The number of amides is 1. The van der Waals surface area contributed by atoms with Gasteiger partial charge < -0.3 is 4.90 Å². The van der Waals surface area contributed by atoms with Gasteiger partial charge in [0.15, 0.2) is 5.78 Å². The maximum Gasteiger partial charge on any atom is 0.223 e. The Morgan fingerprint density at radius 2 is 1.91 bits per heavy atom. The van der Waals surface area contributed by atoms with Crippen LogP contribution in [0.4, 0.5) is 0 Å². The standard InChI is InChI=1S/C19H21NO2/c1-14(21)18(20-11-5-4-8-19(20)22)13-15-9-10-16-6-2-3-7-17(16)12-15/h2-3,6-7,9-10,12,18H,4-5,8,11,13H2,1H3. The van der Waals surface area contributed by atoms with Crippen molar-refractivity contribution in [3.63, 3.8) is 0 Å². The summed E-state index contributed by atoms with van der Waals surface area (Å²) in [6.45, 7) is 2.30. The summed E-state index contributed by atoms with van der Waals surface area (Å²) in [6, 6.07) is 14.1. The van der Waals surface area contributed by atoms with Gasteiger partial charge in [-0.3, -0.25) is 9.59 Å². The van der Waals surface area contributed by atoms with Crippen molar-refractivity contribution in [2.45, 2.75) is 38.6 Å². The first kappa shape index (κ1) is 14.8. The first-order chi connectivity index (χ1) is 10.6. The molecular weight excluding hydrogens is 274 g/mol. The van der Waals surface area contributed by atoms with Crippen LogP contribution in [0.1, 0.15) is 31.7 Å². The van der Waals surface area contributed by atoms with E-state index in [-0.39, 0.29) is 17.7 Å². The molecule has 1 saturated heterocycles. The lowest BCUT2D eigenvalue weighted by Gasteiger charge is -2.33.